The zero-order valence-corrected chi connectivity index (χ0v) is 13.6. The average molecular weight is 321 g/mol. The predicted octanol–water partition coefficient (Wildman–Crippen LogP) is 1.92. The van der Waals surface area contributed by atoms with Crippen LogP contribution in [0.4, 0.5) is 0 Å². The fraction of sp³-hybridized carbons (Fsp3) is 0.438. The fourth-order valence-corrected chi connectivity index (χ4v) is 4.66. The van der Waals surface area contributed by atoms with Crippen LogP contribution in [0.1, 0.15) is 21.5 Å². The van der Waals surface area contributed by atoms with Crippen molar-refractivity contribution in [2.45, 2.75) is 12.2 Å². The minimum atomic E-state index is -0.203. The SMILES string of the molecule is Cc1ccc(C#CCO)c(C(=O)NCC2CSCCS2)c1. The van der Waals surface area contributed by atoms with Crippen LogP contribution in [-0.2, 0) is 0 Å². The first kappa shape index (κ1) is 16.3. The van der Waals surface area contributed by atoms with Crippen LogP contribution < -0.4 is 5.32 Å². The van der Waals surface area contributed by atoms with Crippen molar-refractivity contribution >= 4 is 29.4 Å². The van der Waals surface area contributed by atoms with Crippen molar-refractivity contribution in [3.8, 4) is 11.8 Å². The molecule has 21 heavy (non-hydrogen) atoms. The van der Waals surface area contributed by atoms with E-state index in [1.54, 1.807) is 0 Å². The van der Waals surface area contributed by atoms with Gasteiger partial charge in [-0.25, -0.2) is 0 Å². The fourth-order valence-electron chi connectivity index (χ4n) is 2.05. The van der Waals surface area contributed by atoms with E-state index in [0.717, 1.165) is 17.1 Å². The van der Waals surface area contributed by atoms with Gasteiger partial charge in [0.1, 0.15) is 6.61 Å². The van der Waals surface area contributed by atoms with Gasteiger partial charge in [0, 0.05) is 34.6 Å². The number of aliphatic hydroxyl groups is 1. The maximum absolute atomic E-state index is 12.4. The van der Waals surface area contributed by atoms with Crippen molar-refractivity contribution in [1.82, 2.24) is 5.32 Å². The van der Waals surface area contributed by atoms with Crippen LogP contribution in [0.2, 0.25) is 0 Å². The Labute approximate surface area is 134 Å². The quantitative estimate of drug-likeness (QED) is 0.835. The Morgan fingerprint density at radius 1 is 1.48 bits per heavy atom. The summed E-state index contributed by atoms with van der Waals surface area (Å²) in [7, 11) is 0. The Hall–Kier alpha value is -1.09. The molecule has 1 aromatic carbocycles. The highest BCUT2D eigenvalue weighted by atomic mass is 32.2. The first-order valence-corrected chi connectivity index (χ1v) is 9.09. The first-order valence-electron chi connectivity index (χ1n) is 6.88. The highest BCUT2D eigenvalue weighted by molar-refractivity contribution is 8.06. The van der Waals surface area contributed by atoms with E-state index < -0.39 is 0 Å². The Balaban J connectivity index is 2.04. The molecule has 5 heteroatoms. The molecule has 1 unspecified atom stereocenters. The molecule has 1 aliphatic rings. The Kier molecular flexibility index (Phi) is 6.50. The van der Waals surface area contributed by atoms with E-state index >= 15 is 0 Å². The van der Waals surface area contributed by atoms with E-state index in [-0.39, 0.29) is 12.5 Å². The standard InChI is InChI=1S/C16H19NO2S2/c1-12-4-5-13(3-2-6-18)15(9-12)16(19)17-10-14-11-20-7-8-21-14/h4-5,9,14,18H,6-8,10-11H2,1H3,(H,17,19). The van der Waals surface area contributed by atoms with Crippen LogP contribution in [0.15, 0.2) is 18.2 Å². The van der Waals surface area contributed by atoms with Gasteiger partial charge in [-0.3, -0.25) is 4.79 Å². The molecule has 3 nitrogen and oxygen atoms in total. The lowest BCUT2D eigenvalue weighted by Crippen LogP contribution is -2.33. The van der Waals surface area contributed by atoms with Gasteiger partial charge in [0.25, 0.3) is 5.91 Å². The molecular formula is C16H19NO2S2. The normalized spacial score (nSPS) is 17.7. The third-order valence-electron chi connectivity index (χ3n) is 3.10. The second-order valence-electron chi connectivity index (χ2n) is 4.79. The molecule has 0 radical (unpaired) electrons. The minimum absolute atomic E-state index is 0.0860. The average Bonchev–Trinajstić information content (AvgIpc) is 2.52. The molecule has 0 aromatic heterocycles. The number of thioether (sulfide) groups is 2. The molecule has 1 saturated heterocycles. The van der Waals surface area contributed by atoms with E-state index in [4.69, 9.17) is 5.11 Å². The Morgan fingerprint density at radius 3 is 3.05 bits per heavy atom. The Morgan fingerprint density at radius 2 is 2.33 bits per heavy atom. The molecule has 1 aromatic rings. The van der Waals surface area contributed by atoms with Gasteiger partial charge in [-0.1, -0.05) is 23.5 Å². The third kappa shape index (κ3) is 4.99. The van der Waals surface area contributed by atoms with Crippen molar-refractivity contribution in [2.75, 3.05) is 30.4 Å². The van der Waals surface area contributed by atoms with Crippen LogP contribution in [0, 0.1) is 18.8 Å². The molecule has 1 aliphatic heterocycles. The molecule has 2 rings (SSSR count). The van der Waals surface area contributed by atoms with Gasteiger partial charge in [0.15, 0.2) is 0 Å². The highest BCUT2D eigenvalue weighted by Gasteiger charge is 2.17. The van der Waals surface area contributed by atoms with E-state index in [2.05, 4.69) is 17.2 Å². The summed E-state index contributed by atoms with van der Waals surface area (Å²) in [6.45, 7) is 2.44. The number of carbonyl (C=O) groups is 1. The number of rotatable bonds is 3. The van der Waals surface area contributed by atoms with E-state index in [9.17, 15) is 4.79 Å². The van der Waals surface area contributed by atoms with Gasteiger partial charge in [0.05, 0.1) is 5.56 Å². The maximum atomic E-state index is 12.4. The lowest BCUT2D eigenvalue weighted by Gasteiger charge is -2.21. The lowest BCUT2D eigenvalue weighted by molar-refractivity contribution is 0.0954. The molecule has 1 amide bonds. The van der Waals surface area contributed by atoms with Crippen molar-refractivity contribution < 1.29 is 9.90 Å². The van der Waals surface area contributed by atoms with Crippen LogP contribution in [0.5, 0.6) is 0 Å². The molecule has 0 spiro atoms. The summed E-state index contributed by atoms with van der Waals surface area (Å²) < 4.78 is 0. The summed E-state index contributed by atoms with van der Waals surface area (Å²) in [5.41, 5.74) is 2.28. The Bertz CT molecular complexity index is 557. The molecule has 112 valence electrons. The number of benzene rings is 1. The second kappa shape index (κ2) is 8.38. The largest absolute Gasteiger partial charge is 0.384 e. The molecule has 0 aliphatic carbocycles. The van der Waals surface area contributed by atoms with Crippen LogP contribution in [-0.4, -0.2) is 46.7 Å². The van der Waals surface area contributed by atoms with Gasteiger partial charge < -0.3 is 10.4 Å². The number of hydrogen-bond acceptors (Lipinski definition) is 4. The van der Waals surface area contributed by atoms with Gasteiger partial charge in [-0.2, -0.15) is 23.5 Å². The minimum Gasteiger partial charge on any atom is -0.384 e. The monoisotopic (exact) mass is 321 g/mol. The number of carbonyl (C=O) groups excluding carboxylic acids is 1. The highest BCUT2D eigenvalue weighted by Crippen LogP contribution is 2.23. The number of nitrogens with one attached hydrogen (secondary N) is 1. The van der Waals surface area contributed by atoms with Crippen molar-refractivity contribution in [2.24, 2.45) is 0 Å². The molecule has 1 atom stereocenters. The number of amides is 1. The summed E-state index contributed by atoms with van der Waals surface area (Å²) in [6, 6.07) is 5.60. The first-order chi connectivity index (χ1) is 10.2. The molecule has 0 bridgehead atoms. The predicted molar refractivity (Wildman–Crippen MR) is 91.0 cm³/mol. The summed E-state index contributed by atoms with van der Waals surface area (Å²) in [6.07, 6.45) is 0. The summed E-state index contributed by atoms with van der Waals surface area (Å²) in [5, 5.41) is 12.3. The number of hydrogen-bond donors (Lipinski definition) is 2. The van der Waals surface area contributed by atoms with Gasteiger partial charge in [-0.05, 0) is 19.1 Å². The molecular weight excluding hydrogens is 302 g/mol. The maximum Gasteiger partial charge on any atom is 0.252 e. The lowest BCUT2D eigenvalue weighted by atomic mass is 10.0. The zero-order valence-electron chi connectivity index (χ0n) is 12.0. The van der Waals surface area contributed by atoms with Gasteiger partial charge >= 0.3 is 0 Å². The number of aliphatic hydroxyl groups excluding tert-OH is 1. The van der Waals surface area contributed by atoms with Crippen molar-refractivity contribution in [1.29, 1.82) is 0 Å². The second-order valence-corrected chi connectivity index (χ2v) is 7.34. The van der Waals surface area contributed by atoms with Crippen LogP contribution in [0.25, 0.3) is 0 Å². The van der Waals surface area contributed by atoms with Gasteiger partial charge in [0.2, 0.25) is 0 Å². The van der Waals surface area contributed by atoms with Crippen molar-refractivity contribution in [3.05, 3.63) is 34.9 Å². The smallest absolute Gasteiger partial charge is 0.252 e. The third-order valence-corrected chi connectivity index (χ3v) is 5.94. The summed E-state index contributed by atoms with van der Waals surface area (Å²) in [5.74, 6) is 8.81. The number of aryl methyl sites for hydroxylation is 1. The summed E-state index contributed by atoms with van der Waals surface area (Å²) in [4.78, 5) is 12.4. The van der Waals surface area contributed by atoms with Crippen LogP contribution >= 0.6 is 23.5 Å². The molecule has 2 N–H and O–H groups in total. The molecule has 0 saturated carbocycles. The molecule has 1 fully saturated rings. The van der Waals surface area contributed by atoms with E-state index in [0.29, 0.717) is 22.9 Å². The molecule has 1 heterocycles. The van der Waals surface area contributed by atoms with E-state index in [1.165, 1.54) is 5.75 Å². The van der Waals surface area contributed by atoms with Gasteiger partial charge in [-0.15, -0.1) is 0 Å². The summed E-state index contributed by atoms with van der Waals surface area (Å²) >= 11 is 3.87. The van der Waals surface area contributed by atoms with Crippen LogP contribution in [0.3, 0.4) is 0 Å². The van der Waals surface area contributed by atoms with E-state index in [1.807, 2.05) is 48.6 Å². The topological polar surface area (TPSA) is 49.3 Å². The zero-order chi connectivity index (χ0) is 15.1. The van der Waals surface area contributed by atoms with Crippen molar-refractivity contribution in [3.63, 3.8) is 0 Å².